The lowest BCUT2D eigenvalue weighted by Gasteiger charge is -2.27. The summed E-state index contributed by atoms with van der Waals surface area (Å²) in [7, 11) is 1.68. The number of carboxylic acid groups (broad SMARTS) is 1. The van der Waals surface area contributed by atoms with Crippen LogP contribution in [-0.2, 0) is 16.0 Å². The van der Waals surface area contributed by atoms with Crippen LogP contribution >= 0.6 is 11.3 Å². The molecule has 0 bridgehead atoms. The third kappa shape index (κ3) is 2.29. The fourth-order valence-electron chi connectivity index (χ4n) is 2.42. The van der Waals surface area contributed by atoms with Gasteiger partial charge in [0.1, 0.15) is 17.0 Å². The smallest absolute Gasteiger partial charge is 0.312 e. The number of hydrogen-bond donors (Lipinski definition) is 1. The Morgan fingerprint density at radius 1 is 1.56 bits per heavy atom. The van der Waals surface area contributed by atoms with Gasteiger partial charge in [0.25, 0.3) is 0 Å². The first-order valence-corrected chi connectivity index (χ1v) is 6.91. The van der Waals surface area contributed by atoms with E-state index in [0.717, 1.165) is 22.0 Å². The van der Waals surface area contributed by atoms with Crippen molar-refractivity contribution in [2.75, 3.05) is 7.11 Å². The summed E-state index contributed by atoms with van der Waals surface area (Å²) in [6, 6.07) is 0. The van der Waals surface area contributed by atoms with Crippen LogP contribution in [0.3, 0.4) is 0 Å². The quantitative estimate of drug-likeness (QED) is 0.916. The molecule has 1 aromatic heterocycles. The number of nitrogens with zero attached hydrogens (tertiary/aromatic N) is 1. The van der Waals surface area contributed by atoms with Gasteiger partial charge in [-0.25, -0.2) is 4.98 Å². The SMILES string of the molecule is COC(c1nc2c(s1)CCC2C(=O)O)C(C)(C)C. The first-order chi connectivity index (χ1) is 8.34. The zero-order chi connectivity index (χ0) is 13.5. The van der Waals surface area contributed by atoms with Crippen LogP contribution in [0.25, 0.3) is 0 Å². The molecule has 1 N–H and O–H groups in total. The molecular weight excluding hydrogens is 250 g/mol. The average Bonchev–Trinajstić information content (AvgIpc) is 2.74. The molecule has 0 fully saturated rings. The maximum Gasteiger partial charge on any atom is 0.312 e. The molecule has 2 rings (SSSR count). The minimum Gasteiger partial charge on any atom is -0.481 e. The van der Waals surface area contributed by atoms with Crippen LogP contribution < -0.4 is 0 Å². The Morgan fingerprint density at radius 2 is 2.22 bits per heavy atom. The molecular formula is C13H19NO3S. The van der Waals surface area contributed by atoms with Gasteiger partial charge in [0.15, 0.2) is 0 Å². The van der Waals surface area contributed by atoms with E-state index >= 15 is 0 Å². The predicted octanol–water partition coefficient (Wildman–Crippen LogP) is 2.99. The first kappa shape index (κ1) is 13.5. The lowest BCUT2D eigenvalue weighted by Crippen LogP contribution is -2.20. The Labute approximate surface area is 111 Å². The van der Waals surface area contributed by atoms with Gasteiger partial charge in [0.2, 0.25) is 0 Å². The number of aryl methyl sites for hydroxylation is 1. The van der Waals surface area contributed by atoms with Crippen molar-refractivity contribution in [1.82, 2.24) is 4.98 Å². The summed E-state index contributed by atoms with van der Waals surface area (Å²) >= 11 is 1.60. The summed E-state index contributed by atoms with van der Waals surface area (Å²) in [5.41, 5.74) is 0.716. The van der Waals surface area contributed by atoms with Crippen molar-refractivity contribution < 1.29 is 14.6 Å². The van der Waals surface area contributed by atoms with Crippen LogP contribution in [0.1, 0.15) is 54.8 Å². The number of thiazole rings is 1. The molecule has 1 aliphatic rings. The molecule has 18 heavy (non-hydrogen) atoms. The third-order valence-electron chi connectivity index (χ3n) is 3.28. The molecule has 0 aromatic carbocycles. The highest BCUT2D eigenvalue weighted by Crippen LogP contribution is 2.43. The molecule has 0 amide bonds. The molecule has 4 nitrogen and oxygen atoms in total. The number of ether oxygens (including phenoxy) is 1. The molecule has 0 saturated carbocycles. The summed E-state index contributed by atoms with van der Waals surface area (Å²) in [4.78, 5) is 16.8. The number of aliphatic carboxylic acids is 1. The molecule has 1 heterocycles. The van der Waals surface area contributed by atoms with E-state index in [1.54, 1.807) is 18.4 Å². The van der Waals surface area contributed by atoms with Crippen LogP contribution in [0.5, 0.6) is 0 Å². The van der Waals surface area contributed by atoms with Crippen molar-refractivity contribution in [1.29, 1.82) is 0 Å². The van der Waals surface area contributed by atoms with Crippen molar-refractivity contribution in [3.05, 3.63) is 15.6 Å². The van der Waals surface area contributed by atoms with Crippen LogP contribution in [0.2, 0.25) is 0 Å². The second kappa shape index (κ2) is 4.63. The van der Waals surface area contributed by atoms with Crippen LogP contribution in [0.15, 0.2) is 0 Å². The third-order valence-corrected chi connectivity index (χ3v) is 4.45. The van der Waals surface area contributed by atoms with Crippen LogP contribution in [0.4, 0.5) is 0 Å². The van der Waals surface area contributed by atoms with Crippen molar-refractivity contribution in [3.8, 4) is 0 Å². The number of hydrogen-bond acceptors (Lipinski definition) is 4. The van der Waals surface area contributed by atoms with E-state index in [1.165, 1.54) is 0 Å². The standard InChI is InChI=1S/C13H19NO3S/c1-13(2,3)10(17-4)11-14-9-7(12(15)16)5-6-8(9)18-11/h7,10H,5-6H2,1-4H3,(H,15,16). The number of fused-ring (bicyclic) bond motifs is 1. The maximum absolute atomic E-state index is 11.1. The van der Waals surface area contributed by atoms with E-state index in [0.29, 0.717) is 6.42 Å². The van der Waals surface area contributed by atoms with Crippen molar-refractivity contribution in [2.45, 2.75) is 45.6 Å². The summed E-state index contributed by atoms with van der Waals surface area (Å²) in [6.07, 6.45) is 1.42. The zero-order valence-corrected chi connectivity index (χ0v) is 12.0. The Bertz CT molecular complexity index is 461. The van der Waals surface area contributed by atoms with Gasteiger partial charge in [-0.15, -0.1) is 11.3 Å². The van der Waals surface area contributed by atoms with Gasteiger partial charge in [-0.2, -0.15) is 0 Å². The van der Waals surface area contributed by atoms with Crippen molar-refractivity contribution in [3.63, 3.8) is 0 Å². The minimum absolute atomic E-state index is 0.0426. The number of carboxylic acids is 1. The highest BCUT2D eigenvalue weighted by atomic mass is 32.1. The molecule has 2 atom stereocenters. The van der Waals surface area contributed by atoms with Gasteiger partial charge in [-0.05, 0) is 18.3 Å². The van der Waals surface area contributed by atoms with E-state index in [2.05, 4.69) is 25.8 Å². The van der Waals surface area contributed by atoms with E-state index in [-0.39, 0.29) is 11.5 Å². The number of rotatable bonds is 3. The van der Waals surface area contributed by atoms with Gasteiger partial charge >= 0.3 is 5.97 Å². The van der Waals surface area contributed by atoms with Gasteiger partial charge in [-0.1, -0.05) is 20.8 Å². The Kier molecular flexibility index (Phi) is 3.47. The lowest BCUT2D eigenvalue weighted by molar-refractivity contribution is -0.138. The molecule has 0 saturated heterocycles. The monoisotopic (exact) mass is 269 g/mol. The minimum atomic E-state index is -0.768. The zero-order valence-electron chi connectivity index (χ0n) is 11.2. The highest BCUT2D eigenvalue weighted by molar-refractivity contribution is 7.11. The van der Waals surface area contributed by atoms with Crippen LogP contribution in [0, 0.1) is 5.41 Å². The van der Waals surface area contributed by atoms with Crippen LogP contribution in [-0.4, -0.2) is 23.2 Å². The van der Waals surface area contributed by atoms with Gasteiger partial charge < -0.3 is 9.84 Å². The highest BCUT2D eigenvalue weighted by Gasteiger charge is 2.36. The number of methoxy groups -OCH3 is 1. The summed E-state index contributed by atoms with van der Waals surface area (Å²) in [6.45, 7) is 6.30. The second-order valence-corrected chi connectivity index (χ2v) is 6.89. The molecule has 0 spiro atoms. The lowest BCUT2D eigenvalue weighted by atomic mass is 9.89. The number of aromatic nitrogens is 1. The fraction of sp³-hybridized carbons (Fsp3) is 0.692. The van der Waals surface area contributed by atoms with E-state index in [1.807, 2.05) is 0 Å². The Morgan fingerprint density at radius 3 is 2.72 bits per heavy atom. The second-order valence-electron chi connectivity index (χ2n) is 5.77. The summed E-state index contributed by atoms with van der Waals surface area (Å²) in [5, 5.41) is 10.1. The fourth-order valence-corrected chi connectivity index (χ4v) is 3.89. The predicted molar refractivity (Wildman–Crippen MR) is 70.0 cm³/mol. The topological polar surface area (TPSA) is 59.4 Å². The molecule has 1 aliphatic carbocycles. The molecule has 1 aromatic rings. The molecule has 5 heteroatoms. The Balaban J connectivity index is 2.33. The van der Waals surface area contributed by atoms with Crippen molar-refractivity contribution >= 4 is 17.3 Å². The van der Waals surface area contributed by atoms with Gasteiger partial charge in [0.05, 0.1) is 5.69 Å². The largest absolute Gasteiger partial charge is 0.481 e. The summed E-state index contributed by atoms with van der Waals surface area (Å²) < 4.78 is 5.53. The molecule has 100 valence electrons. The van der Waals surface area contributed by atoms with E-state index in [4.69, 9.17) is 9.84 Å². The van der Waals surface area contributed by atoms with E-state index in [9.17, 15) is 4.79 Å². The van der Waals surface area contributed by atoms with Crippen molar-refractivity contribution in [2.24, 2.45) is 5.41 Å². The first-order valence-electron chi connectivity index (χ1n) is 6.09. The summed E-state index contributed by atoms with van der Waals surface area (Å²) in [5.74, 6) is -1.20. The van der Waals surface area contributed by atoms with Gasteiger partial charge in [-0.3, -0.25) is 4.79 Å². The Hall–Kier alpha value is -0.940. The average molecular weight is 269 g/mol. The molecule has 0 aliphatic heterocycles. The van der Waals surface area contributed by atoms with Gasteiger partial charge in [0, 0.05) is 12.0 Å². The molecule has 0 radical (unpaired) electrons. The number of carbonyl (C=O) groups is 1. The molecule has 2 unspecified atom stereocenters. The normalized spacial score (nSPS) is 20.8. The maximum atomic E-state index is 11.1. The van der Waals surface area contributed by atoms with E-state index < -0.39 is 11.9 Å².